The molecular formula is C25H29N5O3. The number of carbonyl (C=O) groups excluding carboxylic acids is 2. The molecule has 1 aromatic heterocycles. The van der Waals surface area contributed by atoms with E-state index in [0.717, 1.165) is 27.9 Å². The Balaban J connectivity index is 1.34. The van der Waals surface area contributed by atoms with Crippen LogP contribution in [0.5, 0.6) is 0 Å². The molecule has 4 rings (SSSR count). The Bertz CT molecular complexity index is 1170. The molecule has 1 unspecified atom stereocenters. The van der Waals surface area contributed by atoms with Crippen molar-refractivity contribution in [2.75, 3.05) is 25.0 Å². The summed E-state index contributed by atoms with van der Waals surface area (Å²) in [6.07, 6.45) is 0.0662. The molecule has 2 aromatic carbocycles. The fraction of sp³-hybridized carbons (Fsp3) is 0.360. The van der Waals surface area contributed by atoms with Crippen molar-refractivity contribution in [3.05, 3.63) is 65.0 Å². The van der Waals surface area contributed by atoms with Gasteiger partial charge in [-0.15, -0.1) is 0 Å². The average Bonchev–Trinajstić information content (AvgIpc) is 3.25. The van der Waals surface area contributed by atoms with Crippen LogP contribution in [0.15, 0.2) is 47.0 Å². The fourth-order valence-corrected chi connectivity index (χ4v) is 4.03. The van der Waals surface area contributed by atoms with Gasteiger partial charge in [-0.05, 0) is 57.0 Å². The quantitative estimate of drug-likeness (QED) is 0.653. The van der Waals surface area contributed by atoms with Gasteiger partial charge in [-0.1, -0.05) is 35.0 Å². The lowest BCUT2D eigenvalue weighted by atomic mass is 10.1. The Morgan fingerprint density at radius 1 is 1.12 bits per heavy atom. The molecular weight excluding hydrogens is 418 g/mol. The number of hydrogen-bond donors (Lipinski definition) is 1. The summed E-state index contributed by atoms with van der Waals surface area (Å²) in [6.45, 7) is 9.34. The zero-order chi connectivity index (χ0) is 23.5. The number of piperazine rings is 1. The van der Waals surface area contributed by atoms with Gasteiger partial charge in [0.05, 0.1) is 6.42 Å². The van der Waals surface area contributed by atoms with Crippen LogP contribution in [0.25, 0.3) is 11.5 Å². The van der Waals surface area contributed by atoms with Gasteiger partial charge in [0.1, 0.15) is 0 Å². The topological polar surface area (TPSA) is 91.6 Å². The number of amides is 3. The van der Waals surface area contributed by atoms with Crippen molar-refractivity contribution >= 4 is 17.6 Å². The van der Waals surface area contributed by atoms with Gasteiger partial charge in [-0.3, -0.25) is 4.79 Å². The van der Waals surface area contributed by atoms with Gasteiger partial charge < -0.3 is 19.6 Å². The molecule has 3 aromatic rings. The molecule has 1 N–H and O–H groups in total. The van der Waals surface area contributed by atoms with Crippen molar-refractivity contribution in [1.29, 1.82) is 0 Å². The summed E-state index contributed by atoms with van der Waals surface area (Å²) in [5.41, 5.74) is 4.92. The molecule has 172 valence electrons. The van der Waals surface area contributed by atoms with Crippen LogP contribution < -0.4 is 5.32 Å². The molecule has 0 radical (unpaired) electrons. The van der Waals surface area contributed by atoms with E-state index in [1.807, 2.05) is 70.2 Å². The molecule has 1 fully saturated rings. The highest BCUT2D eigenvalue weighted by atomic mass is 16.5. The highest BCUT2D eigenvalue weighted by Gasteiger charge is 2.30. The van der Waals surface area contributed by atoms with Crippen LogP contribution in [0, 0.1) is 20.8 Å². The number of anilines is 1. The minimum atomic E-state index is -0.149. The Kier molecular flexibility index (Phi) is 6.44. The molecule has 33 heavy (non-hydrogen) atoms. The maximum absolute atomic E-state index is 12.8. The number of benzene rings is 2. The molecule has 0 saturated carbocycles. The van der Waals surface area contributed by atoms with E-state index < -0.39 is 0 Å². The third-order valence-electron chi connectivity index (χ3n) is 6.13. The summed E-state index contributed by atoms with van der Waals surface area (Å²) in [4.78, 5) is 33.6. The maximum atomic E-state index is 12.8. The number of nitrogens with zero attached hydrogens (tertiary/aromatic N) is 4. The zero-order valence-electron chi connectivity index (χ0n) is 19.5. The van der Waals surface area contributed by atoms with Gasteiger partial charge in [0.15, 0.2) is 5.82 Å². The molecule has 1 saturated heterocycles. The Labute approximate surface area is 193 Å². The molecule has 1 atom stereocenters. The van der Waals surface area contributed by atoms with Gasteiger partial charge in [-0.25, -0.2) is 4.79 Å². The molecule has 0 spiro atoms. The third kappa shape index (κ3) is 5.05. The van der Waals surface area contributed by atoms with Crippen LogP contribution in [-0.4, -0.2) is 57.6 Å². The zero-order valence-corrected chi connectivity index (χ0v) is 19.5. The normalized spacial score (nSPS) is 16.1. The first-order valence-corrected chi connectivity index (χ1v) is 11.1. The number of rotatable bonds is 4. The van der Waals surface area contributed by atoms with Crippen molar-refractivity contribution in [1.82, 2.24) is 19.9 Å². The standard InChI is InChI=1S/C25H29N5O3/c1-16-7-5-9-20(13-16)24-27-22(28-33-24)14-23(31)29-11-12-30(18(3)15-29)25(32)26-21-10-6-8-17(2)19(21)4/h5-10,13,18H,11-12,14-15H2,1-4H3,(H,26,32). The van der Waals surface area contributed by atoms with Gasteiger partial charge in [0, 0.05) is 36.9 Å². The van der Waals surface area contributed by atoms with E-state index in [9.17, 15) is 9.59 Å². The van der Waals surface area contributed by atoms with E-state index >= 15 is 0 Å². The van der Waals surface area contributed by atoms with Crippen molar-refractivity contribution in [3.63, 3.8) is 0 Å². The van der Waals surface area contributed by atoms with Crippen LogP contribution in [-0.2, 0) is 11.2 Å². The van der Waals surface area contributed by atoms with E-state index in [-0.39, 0.29) is 24.4 Å². The smallest absolute Gasteiger partial charge is 0.322 e. The van der Waals surface area contributed by atoms with Crippen LogP contribution >= 0.6 is 0 Å². The SMILES string of the molecule is Cc1cccc(-c2nc(CC(=O)N3CCN(C(=O)Nc4cccc(C)c4C)C(C)C3)no2)c1. The van der Waals surface area contributed by atoms with Crippen LogP contribution in [0.1, 0.15) is 29.4 Å². The maximum Gasteiger partial charge on any atom is 0.322 e. The van der Waals surface area contributed by atoms with Crippen molar-refractivity contribution < 1.29 is 14.1 Å². The summed E-state index contributed by atoms with van der Waals surface area (Å²) in [6, 6.07) is 13.4. The minimum absolute atomic E-state index is 0.0662. The lowest BCUT2D eigenvalue weighted by Gasteiger charge is -2.39. The molecule has 2 heterocycles. The summed E-state index contributed by atoms with van der Waals surface area (Å²) in [5.74, 6) is 0.690. The predicted octanol–water partition coefficient (Wildman–Crippen LogP) is 3.97. The van der Waals surface area contributed by atoms with Gasteiger partial charge >= 0.3 is 6.03 Å². The molecule has 8 heteroatoms. The Morgan fingerprint density at radius 2 is 1.91 bits per heavy atom. The van der Waals surface area contributed by atoms with Crippen molar-refractivity contribution in [2.24, 2.45) is 0 Å². The van der Waals surface area contributed by atoms with E-state index in [0.29, 0.717) is 31.3 Å². The van der Waals surface area contributed by atoms with E-state index in [2.05, 4.69) is 15.5 Å². The summed E-state index contributed by atoms with van der Waals surface area (Å²) in [5, 5.41) is 6.98. The van der Waals surface area contributed by atoms with Crippen molar-refractivity contribution in [3.8, 4) is 11.5 Å². The van der Waals surface area contributed by atoms with Gasteiger partial charge in [0.2, 0.25) is 5.91 Å². The first-order valence-electron chi connectivity index (χ1n) is 11.1. The Hall–Kier alpha value is -3.68. The molecule has 0 aliphatic carbocycles. The number of aryl methyl sites for hydroxylation is 2. The number of hydrogen-bond acceptors (Lipinski definition) is 5. The largest absolute Gasteiger partial charge is 0.338 e. The second-order valence-corrected chi connectivity index (χ2v) is 8.62. The predicted molar refractivity (Wildman–Crippen MR) is 126 cm³/mol. The lowest BCUT2D eigenvalue weighted by Crippen LogP contribution is -2.56. The van der Waals surface area contributed by atoms with E-state index in [4.69, 9.17) is 4.52 Å². The number of aromatic nitrogens is 2. The summed E-state index contributed by atoms with van der Waals surface area (Å²) >= 11 is 0. The van der Waals surface area contributed by atoms with E-state index in [1.165, 1.54) is 0 Å². The number of urea groups is 1. The molecule has 3 amide bonds. The van der Waals surface area contributed by atoms with Crippen molar-refractivity contribution in [2.45, 2.75) is 40.2 Å². The molecule has 1 aliphatic rings. The second kappa shape index (κ2) is 9.44. The highest BCUT2D eigenvalue weighted by Crippen LogP contribution is 2.21. The minimum Gasteiger partial charge on any atom is -0.338 e. The monoisotopic (exact) mass is 447 g/mol. The number of carbonyl (C=O) groups is 2. The second-order valence-electron chi connectivity index (χ2n) is 8.62. The first-order chi connectivity index (χ1) is 15.8. The average molecular weight is 448 g/mol. The fourth-order valence-electron chi connectivity index (χ4n) is 4.03. The molecule has 0 bridgehead atoms. The highest BCUT2D eigenvalue weighted by molar-refractivity contribution is 5.91. The molecule has 8 nitrogen and oxygen atoms in total. The van der Waals surface area contributed by atoms with E-state index in [1.54, 1.807) is 9.80 Å². The van der Waals surface area contributed by atoms with Crippen LogP contribution in [0.3, 0.4) is 0 Å². The first kappa shape index (κ1) is 22.5. The van der Waals surface area contributed by atoms with Gasteiger partial charge in [-0.2, -0.15) is 4.98 Å². The van der Waals surface area contributed by atoms with Crippen LogP contribution in [0.2, 0.25) is 0 Å². The Morgan fingerprint density at radius 3 is 2.67 bits per heavy atom. The lowest BCUT2D eigenvalue weighted by molar-refractivity contribution is -0.132. The summed E-state index contributed by atoms with van der Waals surface area (Å²) < 4.78 is 5.35. The number of nitrogens with one attached hydrogen (secondary N) is 1. The third-order valence-corrected chi connectivity index (χ3v) is 6.13. The molecule has 1 aliphatic heterocycles. The van der Waals surface area contributed by atoms with Crippen LogP contribution in [0.4, 0.5) is 10.5 Å². The summed E-state index contributed by atoms with van der Waals surface area (Å²) in [7, 11) is 0. The van der Waals surface area contributed by atoms with Gasteiger partial charge in [0.25, 0.3) is 5.89 Å².